The Kier molecular flexibility index (Phi) is 8.29. The van der Waals surface area contributed by atoms with Crippen molar-refractivity contribution in [3.8, 4) is 11.8 Å². The third-order valence-corrected chi connectivity index (χ3v) is 7.34. The molecule has 1 fully saturated rings. The molecule has 218 valence electrons. The Bertz CT molecular complexity index is 1580. The van der Waals surface area contributed by atoms with Gasteiger partial charge in [-0.05, 0) is 65.6 Å². The second-order valence-corrected chi connectivity index (χ2v) is 10.6. The Hall–Kier alpha value is -4.27. The van der Waals surface area contributed by atoms with Gasteiger partial charge < -0.3 is 15.8 Å². The molecule has 1 heterocycles. The summed E-state index contributed by atoms with van der Waals surface area (Å²) in [6.07, 6.45) is 2.27. The average molecular weight is 580 g/mol. The largest absolute Gasteiger partial charge is 0.435 e. The van der Waals surface area contributed by atoms with Crippen LogP contribution in [0.4, 0.5) is 23.2 Å². The highest BCUT2D eigenvalue weighted by Crippen LogP contribution is 2.38. The zero-order chi connectivity index (χ0) is 30.0. The first kappa shape index (κ1) is 29.2. The van der Waals surface area contributed by atoms with Gasteiger partial charge in [0, 0.05) is 12.6 Å². The van der Waals surface area contributed by atoms with E-state index in [1.54, 1.807) is 12.1 Å². The van der Waals surface area contributed by atoms with Gasteiger partial charge in [-0.1, -0.05) is 43.4 Å². The Labute approximate surface area is 240 Å². The number of carbonyl (C=O) groups is 1. The summed E-state index contributed by atoms with van der Waals surface area (Å²) in [6, 6.07) is 13.3. The van der Waals surface area contributed by atoms with E-state index in [2.05, 4.69) is 16.5 Å². The molecule has 11 heteroatoms. The first-order valence-electron chi connectivity index (χ1n) is 13.6. The molecule has 0 bridgehead atoms. The van der Waals surface area contributed by atoms with Crippen LogP contribution < -0.4 is 11.1 Å². The van der Waals surface area contributed by atoms with E-state index in [9.17, 15) is 23.2 Å². The first-order valence-corrected chi connectivity index (χ1v) is 13.6. The minimum Gasteiger partial charge on any atom is -0.369 e. The molecular formula is C31H29F4N5O2. The van der Waals surface area contributed by atoms with E-state index >= 15 is 4.39 Å². The molecule has 3 unspecified atom stereocenters. The number of alkyl halides is 3. The molecule has 2 aromatic carbocycles. The number of anilines is 1. The van der Waals surface area contributed by atoms with Crippen LogP contribution in [0.5, 0.6) is 0 Å². The summed E-state index contributed by atoms with van der Waals surface area (Å²) in [5, 5.41) is 15.6. The fourth-order valence-electron chi connectivity index (χ4n) is 4.71. The van der Waals surface area contributed by atoms with E-state index < -0.39 is 35.4 Å². The number of nitrogens with zero attached hydrogens (tertiary/aromatic N) is 3. The van der Waals surface area contributed by atoms with Crippen LogP contribution in [0.15, 0.2) is 72.3 Å². The van der Waals surface area contributed by atoms with Crippen LogP contribution >= 0.6 is 0 Å². The van der Waals surface area contributed by atoms with Gasteiger partial charge in [0.25, 0.3) is 5.91 Å². The van der Waals surface area contributed by atoms with Gasteiger partial charge in [-0.3, -0.25) is 4.79 Å². The smallest absolute Gasteiger partial charge is 0.369 e. The lowest BCUT2D eigenvalue weighted by Crippen LogP contribution is -2.19. The number of allylic oxidation sites excluding steroid dienone is 2. The maximum atomic E-state index is 15.0. The molecule has 0 saturated heterocycles. The number of halogens is 4. The van der Waals surface area contributed by atoms with Crippen LogP contribution in [0.1, 0.15) is 53.2 Å². The number of nitrogens with two attached hydrogens (primary N) is 1. The summed E-state index contributed by atoms with van der Waals surface area (Å²) >= 11 is 0. The van der Waals surface area contributed by atoms with Crippen molar-refractivity contribution in [1.29, 1.82) is 5.26 Å². The van der Waals surface area contributed by atoms with Crippen LogP contribution in [-0.2, 0) is 17.5 Å². The normalized spacial score (nSPS) is 19.2. The topological polar surface area (TPSA) is 106 Å². The molecule has 3 atom stereocenters. The van der Waals surface area contributed by atoms with Crippen molar-refractivity contribution in [2.24, 2.45) is 23.5 Å². The third kappa shape index (κ3) is 6.45. The molecule has 0 aliphatic heterocycles. The van der Waals surface area contributed by atoms with Gasteiger partial charge in [0.2, 0.25) is 0 Å². The van der Waals surface area contributed by atoms with Crippen molar-refractivity contribution < 1.29 is 27.1 Å². The van der Waals surface area contributed by atoms with Gasteiger partial charge in [0.05, 0.1) is 30.0 Å². The highest BCUT2D eigenvalue weighted by molar-refractivity contribution is 6.03. The molecule has 7 nitrogen and oxygen atoms in total. The van der Waals surface area contributed by atoms with Crippen LogP contribution in [0.25, 0.3) is 5.69 Å². The SMILES string of the molecule is CC1C=CC(C(OCC2CC2)c2ccc(F)c(NC(=O)c3cc(C(F)(F)F)nn3-c3cccc(CN)c3)c2)=CC1C#N. The molecule has 2 aliphatic rings. The second-order valence-electron chi connectivity index (χ2n) is 10.6. The van der Waals surface area contributed by atoms with Gasteiger partial charge in [-0.2, -0.15) is 23.5 Å². The number of hydrogen-bond acceptors (Lipinski definition) is 5. The van der Waals surface area contributed by atoms with Gasteiger partial charge in [-0.25, -0.2) is 9.07 Å². The molecule has 5 rings (SSSR count). The molecule has 2 aliphatic carbocycles. The van der Waals surface area contributed by atoms with Crippen LogP contribution in [-0.4, -0.2) is 22.3 Å². The lowest BCUT2D eigenvalue weighted by atomic mass is 9.85. The highest BCUT2D eigenvalue weighted by Gasteiger charge is 2.36. The number of ether oxygens (including phenoxy) is 1. The van der Waals surface area contributed by atoms with Crippen molar-refractivity contribution >= 4 is 11.6 Å². The maximum Gasteiger partial charge on any atom is 0.435 e. The number of amides is 1. The fraction of sp³-hybridized carbons (Fsp3) is 0.323. The number of benzene rings is 2. The van der Waals surface area contributed by atoms with Gasteiger partial charge >= 0.3 is 6.18 Å². The Morgan fingerprint density at radius 2 is 2.02 bits per heavy atom. The molecule has 3 aromatic rings. The zero-order valence-corrected chi connectivity index (χ0v) is 22.7. The number of hydrogen-bond donors (Lipinski definition) is 2. The molecule has 0 spiro atoms. The average Bonchev–Trinajstić information content (AvgIpc) is 3.68. The molecule has 1 amide bonds. The summed E-state index contributed by atoms with van der Waals surface area (Å²) in [4.78, 5) is 13.4. The predicted octanol–water partition coefficient (Wildman–Crippen LogP) is 6.48. The molecule has 42 heavy (non-hydrogen) atoms. The fourth-order valence-corrected chi connectivity index (χ4v) is 4.71. The quantitative estimate of drug-likeness (QED) is 0.282. The standard InChI is InChI=1S/C31H29F4N5O2/c1-18-5-8-21(12-23(18)16-37)29(42-17-19-6-7-19)22-9-10-25(32)26(13-22)38-30(41)27-14-28(31(33,34)35)39-40(27)24-4-2-3-20(11-24)15-36/h2-5,8-14,18-19,23,29H,6-7,15,17,36H2,1H3,(H,38,41). The summed E-state index contributed by atoms with van der Waals surface area (Å²) in [6.45, 7) is 2.54. The van der Waals surface area contributed by atoms with Crippen LogP contribution in [0, 0.1) is 34.9 Å². The monoisotopic (exact) mass is 579 g/mol. The number of nitriles is 1. The third-order valence-electron chi connectivity index (χ3n) is 7.34. The van der Waals surface area contributed by atoms with E-state index in [0.29, 0.717) is 29.7 Å². The number of carbonyl (C=O) groups excluding carboxylic acids is 1. The van der Waals surface area contributed by atoms with E-state index in [-0.39, 0.29) is 29.8 Å². The van der Waals surface area contributed by atoms with E-state index in [1.807, 2.05) is 25.2 Å². The van der Waals surface area contributed by atoms with Crippen molar-refractivity contribution in [1.82, 2.24) is 9.78 Å². The van der Waals surface area contributed by atoms with Crippen molar-refractivity contribution in [2.45, 2.75) is 38.6 Å². The van der Waals surface area contributed by atoms with Gasteiger partial charge in [-0.15, -0.1) is 0 Å². The Morgan fingerprint density at radius 1 is 1.24 bits per heavy atom. The highest BCUT2D eigenvalue weighted by atomic mass is 19.4. The molecule has 0 radical (unpaired) electrons. The number of aromatic nitrogens is 2. The summed E-state index contributed by atoms with van der Waals surface area (Å²) in [5.41, 5.74) is 5.80. The van der Waals surface area contributed by atoms with Crippen molar-refractivity contribution in [3.63, 3.8) is 0 Å². The summed E-state index contributed by atoms with van der Waals surface area (Å²) in [7, 11) is 0. The van der Waals surface area contributed by atoms with E-state index in [4.69, 9.17) is 10.5 Å². The first-order chi connectivity index (χ1) is 20.1. The minimum atomic E-state index is -4.82. The van der Waals surface area contributed by atoms with E-state index in [0.717, 1.165) is 23.1 Å². The van der Waals surface area contributed by atoms with Crippen LogP contribution in [0.3, 0.4) is 0 Å². The number of nitrogens with one attached hydrogen (secondary N) is 1. The van der Waals surface area contributed by atoms with Crippen LogP contribution in [0.2, 0.25) is 0 Å². The Balaban J connectivity index is 1.48. The summed E-state index contributed by atoms with van der Waals surface area (Å²) < 4.78 is 62.9. The lowest BCUT2D eigenvalue weighted by Gasteiger charge is -2.25. The predicted molar refractivity (Wildman–Crippen MR) is 148 cm³/mol. The number of rotatable bonds is 9. The summed E-state index contributed by atoms with van der Waals surface area (Å²) in [5.74, 6) is -1.69. The Morgan fingerprint density at radius 3 is 2.71 bits per heavy atom. The zero-order valence-electron chi connectivity index (χ0n) is 22.7. The van der Waals surface area contributed by atoms with Gasteiger partial charge in [0.1, 0.15) is 17.6 Å². The van der Waals surface area contributed by atoms with E-state index in [1.165, 1.54) is 30.3 Å². The molecule has 1 saturated carbocycles. The molecule has 1 aromatic heterocycles. The maximum absolute atomic E-state index is 15.0. The lowest BCUT2D eigenvalue weighted by molar-refractivity contribution is -0.141. The molecule has 3 N–H and O–H groups in total. The van der Waals surface area contributed by atoms with Crippen molar-refractivity contribution in [3.05, 3.63) is 101 Å². The second kappa shape index (κ2) is 11.9. The molecular weight excluding hydrogens is 550 g/mol. The minimum absolute atomic E-state index is 0.0166. The van der Waals surface area contributed by atoms with Gasteiger partial charge in [0.15, 0.2) is 5.69 Å². The van der Waals surface area contributed by atoms with Crippen molar-refractivity contribution in [2.75, 3.05) is 11.9 Å².